The third kappa shape index (κ3) is 2.55. The van der Waals surface area contributed by atoms with Gasteiger partial charge in [-0.05, 0) is 6.92 Å². The number of carbonyl (C=O) groups excluding carboxylic acids is 1. The molecule has 0 aliphatic heterocycles. The highest BCUT2D eigenvalue weighted by Crippen LogP contribution is 2.04. The minimum Gasteiger partial charge on any atom is -0.383 e. The summed E-state index contributed by atoms with van der Waals surface area (Å²) < 4.78 is 0. The fourth-order valence-electron chi connectivity index (χ4n) is 0.840. The predicted octanol–water partition coefficient (Wildman–Crippen LogP) is 0.365. The fourth-order valence-corrected chi connectivity index (χ4v) is 0.840. The maximum atomic E-state index is 11.5. The van der Waals surface area contributed by atoms with Gasteiger partial charge >= 0.3 is 0 Å². The van der Waals surface area contributed by atoms with Gasteiger partial charge in [0.2, 0.25) is 0 Å². The number of anilines is 1. The summed E-state index contributed by atoms with van der Waals surface area (Å²) in [6.45, 7) is 5.91. The van der Waals surface area contributed by atoms with Crippen molar-refractivity contribution in [3.05, 3.63) is 30.2 Å². The number of carbonyl (C=O) groups is 1. The summed E-state index contributed by atoms with van der Waals surface area (Å²) in [5.41, 5.74) is 6.65. The Morgan fingerprint density at radius 1 is 1.71 bits per heavy atom. The van der Waals surface area contributed by atoms with E-state index in [0.29, 0.717) is 6.54 Å². The molecule has 1 aromatic heterocycles. The molecule has 0 fully saturated rings. The molecule has 5 heteroatoms. The third-order valence-electron chi connectivity index (χ3n) is 1.54. The normalized spacial score (nSPS) is 9.50. The summed E-state index contributed by atoms with van der Waals surface area (Å²) in [5, 5.41) is 2.64. The van der Waals surface area contributed by atoms with Crippen molar-refractivity contribution in [2.24, 2.45) is 0 Å². The van der Waals surface area contributed by atoms with E-state index in [4.69, 9.17) is 5.73 Å². The Balaban J connectivity index is 2.70. The first-order chi connectivity index (χ1) is 6.61. The van der Waals surface area contributed by atoms with E-state index >= 15 is 0 Å². The van der Waals surface area contributed by atoms with E-state index in [1.165, 1.54) is 12.5 Å². The van der Waals surface area contributed by atoms with E-state index in [1.54, 1.807) is 0 Å². The summed E-state index contributed by atoms with van der Waals surface area (Å²) in [7, 11) is 0. The first kappa shape index (κ1) is 10.2. The molecule has 0 aliphatic carbocycles. The molecular formula is C9H12N4O. The topological polar surface area (TPSA) is 80.9 Å². The number of rotatable bonds is 3. The van der Waals surface area contributed by atoms with Crippen molar-refractivity contribution >= 4 is 11.7 Å². The average Bonchev–Trinajstić information content (AvgIpc) is 2.15. The van der Waals surface area contributed by atoms with E-state index in [9.17, 15) is 4.79 Å². The molecule has 0 spiro atoms. The van der Waals surface area contributed by atoms with Crippen LogP contribution in [0, 0.1) is 0 Å². The van der Waals surface area contributed by atoms with Crippen LogP contribution in [0.3, 0.4) is 0 Å². The van der Waals surface area contributed by atoms with Gasteiger partial charge in [-0.2, -0.15) is 0 Å². The lowest BCUT2D eigenvalue weighted by Gasteiger charge is -2.05. The molecule has 3 N–H and O–H groups in total. The van der Waals surface area contributed by atoms with Crippen LogP contribution < -0.4 is 11.1 Å². The molecule has 1 aromatic rings. The molecule has 1 amide bonds. The largest absolute Gasteiger partial charge is 0.383 e. The number of nitrogens with zero attached hydrogens (tertiary/aromatic N) is 2. The average molecular weight is 192 g/mol. The van der Waals surface area contributed by atoms with Crippen molar-refractivity contribution in [3.63, 3.8) is 0 Å². The number of nitrogen functional groups attached to an aromatic ring is 1. The van der Waals surface area contributed by atoms with Crippen molar-refractivity contribution < 1.29 is 4.79 Å². The minimum atomic E-state index is -0.286. The van der Waals surface area contributed by atoms with Crippen molar-refractivity contribution in [1.82, 2.24) is 15.3 Å². The first-order valence-electron chi connectivity index (χ1n) is 4.09. The van der Waals surface area contributed by atoms with Gasteiger partial charge in [0.1, 0.15) is 12.1 Å². The van der Waals surface area contributed by atoms with E-state index in [1.807, 2.05) is 6.92 Å². The van der Waals surface area contributed by atoms with E-state index in [0.717, 1.165) is 5.57 Å². The second-order valence-electron chi connectivity index (χ2n) is 2.96. The van der Waals surface area contributed by atoms with Gasteiger partial charge in [0.05, 0.1) is 5.56 Å². The van der Waals surface area contributed by atoms with Gasteiger partial charge in [-0.3, -0.25) is 4.79 Å². The number of nitrogens with two attached hydrogens (primary N) is 1. The van der Waals surface area contributed by atoms with Gasteiger partial charge in [0.15, 0.2) is 0 Å². The zero-order valence-corrected chi connectivity index (χ0v) is 7.95. The Bertz CT molecular complexity index is 362. The van der Waals surface area contributed by atoms with Crippen LogP contribution in [0.15, 0.2) is 24.7 Å². The molecule has 0 radical (unpaired) electrons. The quantitative estimate of drug-likeness (QED) is 0.678. The molecule has 1 rings (SSSR count). The Labute approximate surface area is 82.1 Å². The Morgan fingerprint density at radius 3 is 3.00 bits per heavy atom. The SMILES string of the molecule is C=C(C)CNC(=O)c1cncnc1N. The molecule has 5 nitrogen and oxygen atoms in total. The Kier molecular flexibility index (Phi) is 3.17. The molecule has 0 aromatic carbocycles. The lowest BCUT2D eigenvalue weighted by atomic mass is 10.2. The van der Waals surface area contributed by atoms with Gasteiger partial charge in [0, 0.05) is 12.7 Å². The Morgan fingerprint density at radius 2 is 2.43 bits per heavy atom. The minimum absolute atomic E-state index is 0.180. The number of nitrogens with one attached hydrogen (secondary N) is 1. The fraction of sp³-hybridized carbons (Fsp3) is 0.222. The van der Waals surface area contributed by atoms with Gasteiger partial charge in [-0.25, -0.2) is 9.97 Å². The zero-order valence-electron chi connectivity index (χ0n) is 7.95. The third-order valence-corrected chi connectivity index (χ3v) is 1.54. The van der Waals surface area contributed by atoms with Crippen LogP contribution in [0.4, 0.5) is 5.82 Å². The summed E-state index contributed by atoms with van der Waals surface area (Å²) in [6, 6.07) is 0. The van der Waals surface area contributed by atoms with E-state index in [2.05, 4.69) is 21.9 Å². The number of hydrogen-bond donors (Lipinski definition) is 2. The van der Waals surface area contributed by atoms with Gasteiger partial charge < -0.3 is 11.1 Å². The molecule has 0 saturated carbocycles. The molecule has 0 bridgehead atoms. The second kappa shape index (κ2) is 4.36. The highest BCUT2D eigenvalue weighted by Gasteiger charge is 2.09. The van der Waals surface area contributed by atoms with Crippen molar-refractivity contribution in [1.29, 1.82) is 0 Å². The lowest BCUT2D eigenvalue weighted by Crippen LogP contribution is -2.26. The number of hydrogen-bond acceptors (Lipinski definition) is 4. The van der Waals surface area contributed by atoms with E-state index < -0.39 is 0 Å². The van der Waals surface area contributed by atoms with Crippen LogP contribution in [-0.4, -0.2) is 22.4 Å². The molecule has 74 valence electrons. The molecule has 14 heavy (non-hydrogen) atoms. The smallest absolute Gasteiger partial charge is 0.256 e. The zero-order chi connectivity index (χ0) is 10.6. The van der Waals surface area contributed by atoms with Crippen molar-refractivity contribution in [2.75, 3.05) is 12.3 Å². The molecule has 0 unspecified atom stereocenters. The van der Waals surface area contributed by atoms with E-state index in [-0.39, 0.29) is 17.3 Å². The molecule has 1 heterocycles. The van der Waals surface area contributed by atoms with Crippen LogP contribution in [-0.2, 0) is 0 Å². The summed E-state index contributed by atoms with van der Waals surface area (Å²) in [5.74, 6) is -0.106. The lowest BCUT2D eigenvalue weighted by molar-refractivity contribution is 0.0957. The number of amides is 1. The van der Waals surface area contributed by atoms with Crippen LogP contribution in [0.2, 0.25) is 0 Å². The van der Waals surface area contributed by atoms with Gasteiger partial charge in [0.25, 0.3) is 5.91 Å². The predicted molar refractivity (Wildman–Crippen MR) is 53.6 cm³/mol. The van der Waals surface area contributed by atoms with Crippen LogP contribution in [0.5, 0.6) is 0 Å². The molecule has 0 saturated heterocycles. The standard InChI is InChI=1S/C9H12N4O/c1-6(2)3-12-9(14)7-4-11-5-13-8(7)10/h4-5H,1,3H2,2H3,(H,12,14)(H2,10,11,13). The van der Waals surface area contributed by atoms with Crippen molar-refractivity contribution in [3.8, 4) is 0 Å². The van der Waals surface area contributed by atoms with Crippen LogP contribution in [0.1, 0.15) is 17.3 Å². The maximum Gasteiger partial charge on any atom is 0.256 e. The highest BCUT2D eigenvalue weighted by molar-refractivity contribution is 5.97. The monoisotopic (exact) mass is 192 g/mol. The molecule has 0 aliphatic rings. The molecular weight excluding hydrogens is 180 g/mol. The Hall–Kier alpha value is -1.91. The van der Waals surface area contributed by atoms with Crippen molar-refractivity contribution in [2.45, 2.75) is 6.92 Å². The highest BCUT2D eigenvalue weighted by atomic mass is 16.1. The molecule has 0 atom stereocenters. The second-order valence-corrected chi connectivity index (χ2v) is 2.96. The first-order valence-corrected chi connectivity index (χ1v) is 4.09. The maximum absolute atomic E-state index is 11.5. The van der Waals surface area contributed by atoms with Crippen LogP contribution in [0.25, 0.3) is 0 Å². The van der Waals surface area contributed by atoms with Crippen LogP contribution >= 0.6 is 0 Å². The van der Waals surface area contributed by atoms with Gasteiger partial charge in [-0.1, -0.05) is 12.2 Å². The summed E-state index contributed by atoms with van der Waals surface area (Å²) in [6.07, 6.45) is 2.68. The summed E-state index contributed by atoms with van der Waals surface area (Å²) in [4.78, 5) is 18.9. The van der Waals surface area contributed by atoms with Gasteiger partial charge in [-0.15, -0.1) is 0 Å². The summed E-state index contributed by atoms with van der Waals surface area (Å²) >= 11 is 0. The number of aromatic nitrogens is 2.